The number of rotatable bonds is 2. The average molecular weight is 118 g/mol. The van der Waals surface area contributed by atoms with Crippen molar-refractivity contribution in [2.24, 2.45) is 0 Å². The fourth-order valence-electron chi connectivity index (χ4n) is 0.466. The fraction of sp³-hybridized carbons (Fsp3) is 0.400. The van der Waals surface area contributed by atoms with Crippen LogP contribution in [0.1, 0.15) is 0 Å². The molecule has 0 aliphatic heterocycles. The first-order chi connectivity index (χ1) is 3.93. The fourth-order valence-corrected chi connectivity index (χ4v) is 0.466. The average Bonchev–Trinajstić information content (AvgIpc) is 2.19. The quantitative estimate of drug-likeness (QED) is 0.312. The molecule has 0 aliphatic rings. The number of hydrogen-bond acceptors (Lipinski definition) is 2. The van der Waals surface area contributed by atoms with Crippen molar-refractivity contribution in [1.29, 1.82) is 0 Å². The minimum absolute atomic E-state index is 0. The predicted octanol–water partition coefficient (Wildman–Crippen LogP) is -2.71. The van der Waals surface area contributed by atoms with Crippen molar-refractivity contribution in [3.05, 3.63) is 18.7 Å². The van der Waals surface area contributed by atoms with E-state index in [-0.39, 0.29) is 18.9 Å². The normalized spacial score (nSPS) is 8.56. The molecule has 0 amide bonds. The van der Waals surface area contributed by atoms with Crippen LogP contribution in [0.4, 0.5) is 0 Å². The van der Waals surface area contributed by atoms with Crippen molar-refractivity contribution in [3.63, 3.8) is 0 Å². The van der Waals surface area contributed by atoms with Crippen molar-refractivity contribution in [2.75, 3.05) is 7.11 Å². The van der Waals surface area contributed by atoms with Crippen LogP contribution < -0.4 is 18.9 Å². The first kappa shape index (κ1) is 8.77. The van der Waals surface area contributed by atoms with E-state index in [1.807, 2.05) is 0 Å². The molecule has 1 rings (SSSR count). The summed E-state index contributed by atoms with van der Waals surface area (Å²) in [5.41, 5.74) is 0. The largest absolute Gasteiger partial charge is 1.00 e. The Labute approximate surface area is 66.2 Å². The molecule has 0 N–H and O–H groups in total. The molecule has 0 fully saturated rings. The molecule has 0 saturated heterocycles. The molecule has 0 radical (unpaired) electrons. The summed E-state index contributed by atoms with van der Waals surface area (Å²) in [4.78, 5) is 3.70. The third-order valence-corrected chi connectivity index (χ3v) is 0.776. The van der Waals surface area contributed by atoms with E-state index in [0.29, 0.717) is 6.73 Å². The van der Waals surface area contributed by atoms with Crippen LogP contribution in [0.5, 0.6) is 0 Å². The van der Waals surface area contributed by atoms with Crippen LogP contribution in [0.3, 0.4) is 0 Å². The molecule has 0 aromatic carbocycles. The maximum atomic E-state index is 4.78. The Morgan fingerprint density at radius 3 is 3.00 bits per heavy atom. The Bertz CT molecular complexity index is 141. The van der Waals surface area contributed by atoms with Gasteiger partial charge in [0, 0.05) is 13.4 Å². The molecular formula is C5H7LiN2O. The third kappa shape index (κ3) is 2.71. The van der Waals surface area contributed by atoms with Gasteiger partial charge in [-0.3, -0.25) is 0 Å². The summed E-state index contributed by atoms with van der Waals surface area (Å²) < 4.78 is 6.50. The Morgan fingerprint density at radius 1 is 1.78 bits per heavy atom. The Morgan fingerprint density at radius 2 is 2.56 bits per heavy atom. The summed E-state index contributed by atoms with van der Waals surface area (Å²) in [7, 11) is 1.63. The van der Waals surface area contributed by atoms with Crippen LogP contribution in [0.15, 0.2) is 12.4 Å². The van der Waals surface area contributed by atoms with Crippen LogP contribution in [-0.2, 0) is 11.5 Å². The third-order valence-electron chi connectivity index (χ3n) is 0.776. The molecular weight excluding hydrogens is 111 g/mol. The summed E-state index contributed by atoms with van der Waals surface area (Å²) in [5, 5.41) is 0. The van der Waals surface area contributed by atoms with Gasteiger partial charge in [-0.15, -0.1) is 12.4 Å². The van der Waals surface area contributed by atoms with E-state index in [1.54, 1.807) is 24.1 Å². The molecule has 0 spiro atoms. The van der Waals surface area contributed by atoms with Gasteiger partial charge in [-0.05, 0) is 0 Å². The number of aromatic nitrogens is 2. The maximum Gasteiger partial charge on any atom is 1.00 e. The van der Waals surface area contributed by atoms with Gasteiger partial charge in [0.1, 0.15) is 6.73 Å². The summed E-state index contributed by atoms with van der Waals surface area (Å²) in [5.74, 6) is 0. The van der Waals surface area contributed by atoms with Crippen LogP contribution in [0, 0.1) is 6.33 Å². The van der Waals surface area contributed by atoms with Gasteiger partial charge in [-0.1, -0.05) is 0 Å². The molecule has 9 heavy (non-hydrogen) atoms. The maximum absolute atomic E-state index is 4.78. The molecule has 3 nitrogen and oxygen atoms in total. The second kappa shape index (κ2) is 4.63. The topological polar surface area (TPSA) is 27.1 Å². The van der Waals surface area contributed by atoms with Crippen LogP contribution in [-0.4, -0.2) is 16.7 Å². The van der Waals surface area contributed by atoms with Gasteiger partial charge in [0.25, 0.3) is 0 Å². The van der Waals surface area contributed by atoms with Crippen LogP contribution in [0.25, 0.3) is 0 Å². The van der Waals surface area contributed by atoms with Gasteiger partial charge in [0.15, 0.2) is 0 Å². The number of hydrogen-bond donors (Lipinski definition) is 0. The van der Waals surface area contributed by atoms with Gasteiger partial charge in [0.2, 0.25) is 0 Å². The zero-order chi connectivity index (χ0) is 5.82. The molecule has 0 bridgehead atoms. The molecule has 1 aromatic heterocycles. The Hall–Kier alpha value is -0.233. The molecule has 1 heterocycles. The van der Waals surface area contributed by atoms with E-state index >= 15 is 0 Å². The predicted molar refractivity (Wildman–Crippen MR) is 28.1 cm³/mol. The van der Waals surface area contributed by atoms with Gasteiger partial charge < -0.3 is 14.3 Å². The molecule has 0 unspecified atom stereocenters. The van der Waals surface area contributed by atoms with E-state index in [1.165, 1.54) is 0 Å². The van der Waals surface area contributed by atoms with Crippen molar-refractivity contribution < 1.29 is 23.6 Å². The molecule has 1 aromatic rings. The smallest absolute Gasteiger partial charge is 0.433 e. The monoisotopic (exact) mass is 118 g/mol. The van der Waals surface area contributed by atoms with Crippen molar-refractivity contribution in [3.8, 4) is 0 Å². The van der Waals surface area contributed by atoms with E-state index < -0.39 is 0 Å². The summed E-state index contributed by atoms with van der Waals surface area (Å²) in [6, 6.07) is 0. The van der Waals surface area contributed by atoms with Gasteiger partial charge in [-0.2, -0.15) is 0 Å². The molecule has 0 atom stereocenters. The summed E-state index contributed by atoms with van der Waals surface area (Å²) in [6.07, 6.45) is 6.14. The van der Waals surface area contributed by atoms with Crippen molar-refractivity contribution in [2.45, 2.75) is 6.73 Å². The van der Waals surface area contributed by atoms with E-state index in [0.717, 1.165) is 0 Å². The second-order valence-corrected chi connectivity index (χ2v) is 1.41. The summed E-state index contributed by atoms with van der Waals surface area (Å²) in [6.45, 7) is 0.528. The van der Waals surface area contributed by atoms with Gasteiger partial charge in [0.05, 0.1) is 0 Å². The van der Waals surface area contributed by atoms with Crippen molar-refractivity contribution >= 4 is 0 Å². The first-order valence-corrected chi connectivity index (χ1v) is 2.31. The van der Waals surface area contributed by atoms with E-state index in [9.17, 15) is 0 Å². The van der Waals surface area contributed by atoms with Gasteiger partial charge in [-0.25, -0.2) is 0 Å². The molecule has 0 saturated carbocycles. The summed E-state index contributed by atoms with van der Waals surface area (Å²) >= 11 is 0. The van der Waals surface area contributed by atoms with Crippen LogP contribution in [0.2, 0.25) is 0 Å². The second-order valence-electron chi connectivity index (χ2n) is 1.41. The van der Waals surface area contributed by atoms with E-state index in [4.69, 9.17) is 4.74 Å². The van der Waals surface area contributed by atoms with Crippen LogP contribution >= 0.6 is 0 Å². The first-order valence-electron chi connectivity index (χ1n) is 2.31. The standard InChI is InChI=1S/C5H7N2O.Li/c1-8-5-7-3-2-6-4-7;/h2-3H,5H2,1H3;/q-1;+1. The molecule has 0 aliphatic carbocycles. The van der Waals surface area contributed by atoms with Gasteiger partial charge >= 0.3 is 18.9 Å². The Balaban J connectivity index is 0.000000640. The zero-order valence-corrected chi connectivity index (χ0v) is 5.66. The number of imidazole rings is 1. The SMILES string of the molecule is COCn1[c-]ncc1.[Li+]. The minimum atomic E-state index is 0. The van der Waals surface area contributed by atoms with E-state index in [2.05, 4.69) is 11.3 Å². The number of ether oxygens (including phenoxy) is 1. The number of methoxy groups -OCH3 is 1. The molecule has 4 heteroatoms. The Kier molecular flexibility index (Phi) is 4.51. The zero-order valence-electron chi connectivity index (χ0n) is 5.66. The number of nitrogens with zero attached hydrogens (tertiary/aromatic N) is 2. The van der Waals surface area contributed by atoms with Crippen molar-refractivity contribution in [1.82, 2.24) is 9.55 Å². The molecule has 44 valence electrons. The minimum Gasteiger partial charge on any atom is -0.433 e.